The van der Waals surface area contributed by atoms with Gasteiger partial charge in [0.25, 0.3) is 0 Å². The number of aliphatic hydroxyl groups is 1. The van der Waals surface area contributed by atoms with E-state index in [1.54, 1.807) is 0 Å². The monoisotopic (exact) mass is 282 g/mol. The van der Waals surface area contributed by atoms with Crippen LogP contribution < -0.4 is 5.73 Å². The van der Waals surface area contributed by atoms with Crippen LogP contribution in [0.2, 0.25) is 0 Å². The van der Waals surface area contributed by atoms with Crippen molar-refractivity contribution in [3.63, 3.8) is 0 Å². The number of hydrogen-bond acceptors (Lipinski definition) is 3. The summed E-state index contributed by atoms with van der Waals surface area (Å²) in [6, 6.07) is 0. The Bertz CT molecular complexity index is 144. The second-order valence-electron chi connectivity index (χ2n) is 1.61. The molecule has 10 heavy (non-hydrogen) atoms. The van der Waals surface area contributed by atoms with Gasteiger partial charge in [0.15, 0.2) is 6.10 Å². The standard InChI is InChI=1S/C3H6FINO3P/c4-3(5,10(8)9)2(7)1-6/h2,7H,1,6H2/p+1. The molecule has 0 radical (unpaired) electrons. The second-order valence-corrected chi connectivity index (χ2v) is 5.23. The number of nitrogens with two attached hydrogens (primary N) is 1. The molecule has 0 aliphatic heterocycles. The molecule has 60 valence electrons. The number of rotatable bonds is 3. The Morgan fingerprint density at radius 1 is 1.90 bits per heavy atom. The molecule has 3 unspecified atom stereocenters. The van der Waals surface area contributed by atoms with Gasteiger partial charge in [-0.25, -0.2) is 0 Å². The van der Waals surface area contributed by atoms with Gasteiger partial charge in [-0.15, -0.1) is 0 Å². The van der Waals surface area contributed by atoms with Crippen molar-refractivity contribution in [2.45, 2.75) is 9.52 Å². The van der Waals surface area contributed by atoms with Crippen molar-refractivity contribution in [3.05, 3.63) is 0 Å². The summed E-state index contributed by atoms with van der Waals surface area (Å²) in [5.74, 6) is 0. The smallest absolute Gasteiger partial charge is 0.383 e. The zero-order valence-corrected chi connectivity index (χ0v) is 7.92. The zero-order chi connectivity index (χ0) is 8.36. The van der Waals surface area contributed by atoms with Crippen LogP contribution in [0.5, 0.6) is 0 Å². The van der Waals surface area contributed by atoms with Gasteiger partial charge in [-0.05, 0) is 4.57 Å². The average Bonchev–Trinajstić information content (AvgIpc) is 1.86. The summed E-state index contributed by atoms with van der Waals surface area (Å²) in [6.45, 7) is -0.374. The second kappa shape index (κ2) is 3.87. The molecular weight excluding hydrogens is 275 g/mol. The van der Waals surface area contributed by atoms with Crippen LogP contribution in [-0.4, -0.2) is 26.1 Å². The molecule has 0 aliphatic rings. The van der Waals surface area contributed by atoms with E-state index in [1.165, 1.54) is 0 Å². The lowest BCUT2D eigenvalue weighted by molar-refractivity contribution is 0.112. The first kappa shape index (κ1) is 10.6. The highest BCUT2D eigenvalue weighted by Crippen LogP contribution is 2.45. The van der Waals surface area contributed by atoms with Gasteiger partial charge in [-0.1, -0.05) is 0 Å². The van der Waals surface area contributed by atoms with Crippen molar-refractivity contribution in [2.75, 3.05) is 6.54 Å². The maximum Gasteiger partial charge on any atom is 0.560 e. The van der Waals surface area contributed by atoms with Crippen LogP contribution in [0.1, 0.15) is 0 Å². The van der Waals surface area contributed by atoms with E-state index in [0.717, 1.165) is 22.6 Å². The summed E-state index contributed by atoms with van der Waals surface area (Å²) in [4.78, 5) is 8.29. The lowest BCUT2D eigenvalue weighted by atomic mass is 10.4. The summed E-state index contributed by atoms with van der Waals surface area (Å²) in [5.41, 5.74) is 4.86. The molecule has 0 bridgehead atoms. The Kier molecular flexibility index (Phi) is 4.12. The molecule has 0 saturated heterocycles. The van der Waals surface area contributed by atoms with Crippen LogP contribution in [0, 0.1) is 0 Å². The van der Waals surface area contributed by atoms with Crippen molar-refractivity contribution in [1.82, 2.24) is 0 Å². The third-order valence-electron chi connectivity index (χ3n) is 0.879. The summed E-state index contributed by atoms with van der Waals surface area (Å²) in [6.07, 6.45) is -1.60. The maximum absolute atomic E-state index is 12.7. The lowest BCUT2D eigenvalue weighted by Crippen LogP contribution is -2.34. The van der Waals surface area contributed by atoms with Crippen molar-refractivity contribution < 1.29 is 19.0 Å². The fourth-order valence-electron chi connectivity index (χ4n) is 0.269. The van der Waals surface area contributed by atoms with Crippen molar-refractivity contribution in [1.29, 1.82) is 0 Å². The van der Waals surface area contributed by atoms with Crippen LogP contribution in [-0.2, 0) is 4.57 Å². The normalized spacial score (nSPS) is 21.5. The lowest BCUT2D eigenvalue weighted by Gasteiger charge is -2.09. The van der Waals surface area contributed by atoms with E-state index in [1.807, 2.05) is 0 Å². The quantitative estimate of drug-likeness (QED) is 0.389. The molecule has 0 saturated carbocycles. The highest BCUT2D eigenvalue weighted by molar-refractivity contribution is 14.1. The molecule has 4 nitrogen and oxygen atoms in total. The summed E-state index contributed by atoms with van der Waals surface area (Å²) >= 11 is 1.06. The first-order valence-electron chi connectivity index (χ1n) is 2.35. The van der Waals surface area contributed by atoms with Gasteiger partial charge in [-0.2, -0.15) is 9.28 Å². The molecule has 0 spiro atoms. The molecule has 0 aromatic rings. The van der Waals surface area contributed by atoms with Gasteiger partial charge in [-0.3, -0.25) is 0 Å². The van der Waals surface area contributed by atoms with E-state index in [2.05, 4.69) is 0 Å². The zero-order valence-electron chi connectivity index (χ0n) is 4.87. The van der Waals surface area contributed by atoms with E-state index in [0.29, 0.717) is 0 Å². The molecule has 3 atom stereocenters. The van der Waals surface area contributed by atoms with Gasteiger partial charge in [0.05, 0.1) is 0 Å². The first-order valence-corrected chi connectivity index (χ1v) is 4.64. The molecule has 0 heterocycles. The Hall–Kier alpha value is 0.640. The highest BCUT2D eigenvalue weighted by atomic mass is 127. The van der Waals surface area contributed by atoms with Gasteiger partial charge < -0.3 is 10.8 Å². The molecular formula is C3H7FINO3P+. The predicted octanol–water partition coefficient (Wildman–Crippen LogP) is 0.0990. The minimum absolute atomic E-state index is 0.374. The van der Waals surface area contributed by atoms with Crippen LogP contribution >= 0.6 is 30.6 Å². The van der Waals surface area contributed by atoms with Crippen LogP contribution in [0.3, 0.4) is 0 Å². The topological polar surface area (TPSA) is 83.5 Å². The molecule has 0 fully saturated rings. The molecule has 0 aromatic heterocycles. The predicted molar refractivity (Wildman–Crippen MR) is 42.7 cm³/mol. The minimum atomic E-state index is -3.05. The Morgan fingerprint density at radius 3 is 2.40 bits per heavy atom. The average molecular weight is 282 g/mol. The van der Waals surface area contributed by atoms with Crippen molar-refractivity contribution in [3.8, 4) is 0 Å². The van der Waals surface area contributed by atoms with E-state index < -0.39 is 17.5 Å². The number of halogens is 2. The fourth-order valence-corrected chi connectivity index (χ4v) is 0.884. The van der Waals surface area contributed by atoms with Gasteiger partial charge in [0, 0.05) is 29.1 Å². The van der Waals surface area contributed by atoms with Crippen molar-refractivity contribution >= 4 is 30.6 Å². The summed E-state index contributed by atoms with van der Waals surface area (Å²) in [5, 5.41) is 8.70. The van der Waals surface area contributed by atoms with E-state index >= 15 is 0 Å². The molecule has 4 N–H and O–H groups in total. The molecule has 0 rings (SSSR count). The van der Waals surface area contributed by atoms with Crippen molar-refractivity contribution in [2.24, 2.45) is 5.73 Å². The van der Waals surface area contributed by atoms with Gasteiger partial charge in [0.1, 0.15) is 0 Å². The van der Waals surface area contributed by atoms with E-state index in [9.17, 15) is 8.96 Å². The van der Waals surface area contributed by atoms with Gasteiger partial charge >= 0.3 is 11.4 Å². The maximum atomic E-state index is 12.7. The number of aliphatic hydroxyl groups excluding tert-OH is 1. The molecule has 7 heteroatoms. The minimum Gasteiger partial charge on any atom is -0.383 e. The molecule has 0 aromatic carbocycles. The van der Waals surface area contributed by atoms with Gasteiger partial charge in [0.2, 0.25) is 0 Å². The van der Waals surface area contributed by atoms with Crippen LogP contribution in [0.15, 0.2) is 0 Å². The largest absolute Gasteiger partial charge is 0.560 e. The highest BCUT2D eigenvalue weighted by Gasteiger charge is 2.53. The summed E-state index contributed by atoms with van der Waals surface area (Å²) < 4.78 is 20.4. The van der Waals surface area contributed by atoms with Crippen LogP contribution in [0.25, 0.3) is 0 Å². The fraction of sp³-hybridized carbons (Fsp3) is 1.00. The number of alkyl halides is 2. The molecule has 0 amide bonds. The van der Waals surface area contributed by atoms with E-state index in [4.69, 9.17) is 15.7 Å². The van der Waals surface area contributed by atoms with Crippen LogP contribution in [0.4, 0.5) is 4.39 Å². The Morgan fingerprint density at radius 2 is 2.30 bits per heavy atom. The summed E-state index contributed by atoms with van der Waals surface area (Å²) in [7, 11) is -3.05. The SMILES string of the molecule is NCC(O)C(F)(I)[P+](=O)O. The first-order chi connectivity index (χ1) is 4.42. The number of hydrogen-bond donors (Lipinski definition) is 3. The third-order valence-corrected chi connectivity index (χ3v) is 3.64. The third kappa shape index (κ3) is 2.35. The Balaban J connectivity index is 4.23. The molecule has 0 aliphatic carbocycles. The van der Waals surface area contributed by atoms with E-state index in [-0.39, 0.29) is 6.54 Å². The Labute approximate surface area is 71.6 Å².